The highest BCUT2D eigenvalue weighted by atomic mass is 16.5. The van der Waals surface area contributed by atoms with Crippen LogP contribution < -0.4 is 15.4 Å². The Morgan fingerprint density at radius 2 is 1.92 bits per heavy atom. The summed E-state index contributed by atoms with van der Waals surface area (Å²) in [7, 11) is 0. The van der Waals surface area contributed by atoms with Crippen molar-refractivity contribution in [2.45, 2.75) is 32.7 Å². The number of hydrogen-bond acceptors (Lipinski definition) is 4. The Morgan fingerprint density at radius 1 is 1.16 bits per heavy atom. The van der Waals surface area contributed by atoms with Gasteiger partial charge in [-0.3, -0.25) is 0 Å². The Kier molecular flexibility index (Phi) is 6.51. The van der Waals surface area contributed by atoms with Gasteiger partial charge in [0.15, 0.2) is 11.5 Å². The second-order valence-corrected chi connectivity index (χ2v) is 5.87. The van der Waals surface area contributed by atoms with Gasteiger partial charge in [-0.15, -0.1) is 0 Å². The molecular formula is C19H24N2O4. The molecule has 2 rings (SSSR count). The van der Waals surface area contributed by atoms with Gasteiger partial charge < -0.3 is 25.6 Å². The normalized spacial score (nSPS) is 11.6. The van der Waals surface area contributed by atoms with E-state index in [9.17, 15) is 15.0 Å². The third kappa shape index (κ3) is 5.60. The molecule has 1 atom stereocenters. The lowest BCUT2D eigenvalue weighted by atomic mass is 10.1. The molecule has 6 heteroatoms. The lowest BCUT2D eigenvalue weighted by molar-refractivity contribution is 0.249. The number of rotatable bonds is 7. The molecule has 0 heterocycles. The molecule has 1 unspecified atom stereocenters. The van der Waals surface area contributed by atoms with E-state index in [-0.39, 0.29) is 23.6 Å². The van der Waals surface area contributed by atoms with Gasteiger partial charge in [-0.05, 0) is 49.6 Å². The fourth-order valence-corrected chi connectivity index (χ4v) is 2.39. The van der Waals surface area contributed by atoms with Crippen LogP contribution in [-0.4, -0.2) is 28.9 Å². The third-order valence-electron chi connectivity index (χ3n) is 3.56. The summed E-state index contributed by atoms with van der Waals surface area (Å²) < 4.78 is 5.62. The van der Waals surface area contributed by atoms with Crippen LogP contribution >= 0.6 is 0 Å². The van der Waals surface area contributed by atoms with Crippen molar-refractivity contribution in [3.8, 4) is 17.2 Å². The van der Waals surface area contributed by atoms with Crippen molar-refractivity contribution < 1.29 is 19.7 Å². The first-order valence-electron chi connectivity index (χ1n) is 8.29. The minimum absolute atomic E-state index is 0.160. The number of amides is 2. The van der Waals surface area contributed by atoms with Crippen molar-refractivity contribution in [2.24, 2.45) is 0 Å². The number of phenolic OH excluding ortho intramolecular Hbond substituents is 2. The zero-order chi connectivity index (χ0) is 18.2. The minimum Gasteiger partial charge on any atom is -0.504 e. The average molecular weight is 344 g/mol. The van der Waals surface area contributed by atoms with Gasteiger partial charge in [0, 0.05) is 6.04 Å². The molecule has 0 spiro atoms. The molecule has 25 heavy (non-hydrogen) atoms. The molecule has 0 aliphatic carbocycles. The van der Waals surface area contributed by atoms with Crippen molar-refractivity contribution in [3.63, 3.8) is 0 Å². The molecule has 0 saturated carbocycles. The highest BCUT2D eigenvalue weighted by Gasteiger charge is 2.11. The summed E-state index contributed by atoms with van der Waals surface area (Å²) in [6.45, 7) is 4.47. The van der Waals surface area contributed by atoms with Crippen molar-refractivity contribution in [1.29, 1.82) is 0 Å². The first-order chi connectivity index (χ1) is 12.0. The lowest BCUT2D eigenvalue weighted by Gasteiger charge is -2.16. The van der Waals surface area contributed by atoms with Crippen molar-refractivity contribution in [3.05, 3.63) is 48.0 Å². The summed E-state index contributed by atoms with van der Waals surface area (Å²) in [5.74, 6) is 0.303. The number of para-hydroxylation sites is 2. The molecule has 2 aromatic rings. The van der Waals surface area contributed by atoms with E-state index in [2.05, 4.69) is 10.6 Å². The third-order valence-corrected chi connectivity index (χ3v) is 3.56. The SMILES string of the molecule is CCCOc1ccccc1NC(=O)NC(C)Cc1ccc(O)c(O)c1. The van der Waals surface area contributed by atoms with E-state index < -0.39 is 0 Å². The van der Waals surface area contributed by atoms with E-state index in [0.717, 1.165) is 12.0 Å². The summed E-state index contributed by atoms with van der Waals surface area (Å²) in [6.07, 6.45) is 1.41. The monoisotopic (exact) mass is 344 g/mol. The smallest absolute Gasteiger partial charge is 0.319 e. The van der Waals surface area contributed by atoms with Crippen LogP contribution in [0.2, 0.25) is 0 Å². The van der Waals surface area contributed by atoms with Crippen LogP contribution in [0, 0.1) is 0 Å². The van der Waals surface area contributed by atoms with Crippen molar-refractivity contribution >= 4 is 11.7 Å². The Hall–Kier alpha value is -2.89. The topological polar surface area (TPSA) is 90.8 Å². The fourth-order valence-electron chi connectivity index (χ4n) is 2.39. The Bertz CT molecular complexity index is 718. The number of carbonyl (C=O) groups is 1. The molecule has 0 fully saturated rings. The summed E-state index contributed by atoms with van der Waals surface area (Å²) >= 11 is 0. The summed E-state index contributed by atoms with van der Waals surface area (Å²) in [4.78, 5) is 12.2. The van der Waals surface area contributed by atoms with Gasteiger partial charge >= 0.3 is 6.03 Å². The molecule has 0 bridgehead atoms. The number of urea groups is 1. The van der Waals surface area contributed by atoms with E-state index in [1.54, 1.807) is 12.1 Å². The molecule has 0 aliphatic rings. The lowest BCUT2D eigenvalue weighted by Crippen LogP contribution is -2.37. The molecule has 0 radical (unpaired) electrons. The fraction of sp³-hybridized carbons (Fsp3) is 0.316. The van der Waals surface area contributed by atoms with Gasteiger partial charge in [-0.25, -0.2) is 4.79 Å². The van der Waals surface area contributed by atoms with Gasteiger partial charge in [0.25, 0.3) is 0 Å². The maximum Gasteiger partial charge on any atom is 0.319 e. The number of ether oxygens (including phenoxy) is 1. The number of hydrogen-bond donors (Lipinski definition) is 4. The standard InChI is InChI=1S/C19H24N2O4/c1-3-10-25-18-7-5-4-6-15(18)21-19(24)20-13(2)11-14-8-9-16(22)17(23)12-14/h4-9,12-13,22-23H,3,10-11H2,1-2H3,(H2,20,21,24). The molecular weight excluding hydrogens is 320 g/mol. The molecule has 0 aromatic heterocycles. The second kappa shape index (κ2) is 8.82. The highest BCUT2D eigenvalue weighted by Crippen LogP contribution is 2.26. The molecule has 134 valence electrons. The van der Waals surface area contributed by atoms with Crippen LogP contribution in [0.5, 0.6) is 17.2 Å². The Morgan fingerprint density at radius 3 is 2.64 bits per heavy atom. The molecule has 4 N–H and O–H groups in total. The van der Waals surface area contributed by atoms with Crippen LogP contribution in [0.3, 0.4) is 0 Å². The molecule has 2 aromatic carbocycles. The van der Waals surface area contributed by atoms with E-state index >= 15 is 0 Å². The molecule has 2 amide bonds. The first-order valence-corrected chi connectivity index (χ1v) is 8.29. The summed E-state index contributed by atoms with van der Waals surface area (Å²) in [5, 5.41) is 24.5. The number of benzene rings is 2. The predicted octanol–water partition coefficient (Wildman–Crippen LogP) is 3.64. The van der Waals surface area contributed by atoms with E-state index in [4.69, 9.17) is 4.74 Å². The first kappa shape index (κ1) is 18.4. The Labute approximate surface area is 147 Å². The van der Waals surface area contributed by atoms with Crippen molar-refractivity contribution in [1.82, 2.24) is 5.32 Å². The summed E-state index contributed by atoms with van der Waals surface area (Å²) in [5.41, 5.74) is 1.43. The van der Waals surface area contributed by atoms with Crippen LogP contribution in [0.25, 0.3) is 0 Å². The van der Waals surface area contributed by atoms with Gasteiger partial charge in [0.05, 0.1) is 12.3 Å². The number of nitrogens with one attached hydrogen (secondary N) is 2. The van der Waals surface area contributed by atoms with E-state index in [0.29, 0.717) is 24.5 Å². The van der Waals surface area contributed by atoms with Gasteiger partial charge in [-0.1, -0.05) is 25.1 Å². The number of anilines is 1. The van der Waals surface area contributed by atoms with Crippen molar-refractivity contribution in [2.75, 3.05) is 11.9 Å². The van der Waals surface area contributed by atoms with Crippen LogP contribution in [-0.2, 0) is 6.42 Å². The molecule has 6 nitrogen and oxygen atoms in total. The zero-order valence-corrected chi connectivity index (χ0v) is 14.5. The Balaban J connectivity index is 1.92. The van der Waals surface area contributed by atoms with Crippen LogP contribution in [0.15, 0.2) is 42.5 Å². The highest BCUT2D eigenvalue weighted by molar-refractivity contribution is 5.91. The zero-order valence-electron chi connectivity index (χ0n) is 14.5. The van der Waals surface area contributed by atoms with Gasteiger partial charge in [0.2, 0.25) is 0 Å². The number of carbonyl (C=O) groups excluding carboxylic acids is 1. The maximum atomic E-state index is 12.2. The summed E-state index contributed by atoms with van der Waals surface area (Å²) in [6, 6.07) is 11.4. The minimum atomic E-state index is -0.331. The van der Waals surface area contributed by atoms with Gasteiger partial charge in [-0.2, -0.15) is 0 Å². The van der Waals surface area contributed by atoms with Crippen LogP contribution in [0.1, 0.15) is 25.8 Å². The van der Waals surface area contributed by atoms with Crippen LogP contribution in [0.4, 0.5) is 10.5 Å². The largest absolute Gasteiger partial charge is 0.504 e. The molecule has 0 aliphatic heterocycles. The predicted molar refractivity (Wildman–Crippen MR) is 97.3 cm³/mol. The maximum absolute atomic E-state index is 12.2. The quantitative estimate of drug-likeness (QED) is 0.577. The van der Waals surface area contributed by atoms with Gasteiger partial charge in [0.1, 0.15) is 5.75 Å². The average Bonchev–Trinajstić information content (AvgIpc) is 2.57. The van der Waals surface area contributed by atoms with E-state index in [1.165, 1.54) is 12.1 Å². The second-order valence-electron chi connectivity index (χ2n) is 5.87. The number of aromatic hydroxyl groups is 2. The molecule has 0 saturated heterocycles. The van der Waals surface area contributed by atoms with E-state index in [1.807, 2.05) is 32.0 Å². The number of phenols is 2.